The third kappa shape index (κ3) is 4.60. The third-order valence-electron chi connectivity index (χ3n) is 3.67. The minimum Gasteiger partial charge on any atom is -0.383 e. The highest BCUT2D eigenvalue weighted by atomic mass is 16.5. The minimum atomic E-state index is 0.491. The molecule has 1 atom stereocenters. The Morgan fingerprint density at radius 2 is 2.00 bits per heavy atom. The first-order valence-electron chi connectivity index (χ1n) is 7.22. The molecular weight excluding hydrogens is 238 g/mol. The van der Waals surface area contributed by atoms with Crippen molar-refractivity contribution >= 4 is 0 Å². The molecule has 0 radical (unpaired) electrons. The van der Waals surface area contributed by atoms with Crippen LogP contribution in [0.4, 0.5) is 0 Å². The molecular formula is C16H25NO2. The van der Waals surface area contributed by atoms with Gasteiger partial charge in [0.15, 0.2) is 0 Å². The summed E-state index contributed by atoms with van der Waals surface area (Å²) in [6.45, 7) is 5.19. The molecule has 0 bridgehead atoms. The Bertz CT molecular complexity index is 377. The normalized spacial score (nSPS) is 16.5. The number of rotatable bonds is 9. The summed E-state index contributed by atoms with van der Waals surface area (Å²) in [5.74, 6) is 0.805. The predicted molar refractivity (Wildman–Crippen MR) is 77.0 cm³/mol. The summed E-state index contributed by atoms with van der Waals surface area (Å²) >= 11 is 0. The van der Waals surface area contributed by atoms with E-state index in [0.717, 1.165) is 25.7 Å². The van der Waals surface area contributed by atoms with E-state index in [9.17, 15) is 0 Å². The summed E-state index contributed by atoms with van der Waals surface area (Å²) in [6, 6.07) is 8.98. The van der Waals surface area contributed by atoms with Crippen molar-refractivity contribution in [3.63, 3.8) is 0 Å². The van der Waals surface area contributed by atoms with Gasteiger partial charge in [-0.3, -0.25) is 0 Å². The molecule has 0 aliphatic heterocycles. The van der Waals surface area contributed by atoms with Gasteiger partial charge >= 0.3 is 0 Å². The van der Waals surface area contributed by atoms with Crippen LogP contribution in [0.2, 0.25) is 0 Å². The lowest BCUT2D eigenvalue weighted by atomic mass is 10.1. The van der Waals surface area contributed by atoms with E-state index in [4.69, 9.17) is 9.47 Å². The van der Waals surface area contributed by atoms with Crippen LogP contribution >= 0.6 is 0 Å². The molecule has 1 aliphatic carbocycles. The van der Waals surface area contributed by atoms with E-state index < -0.39 is 0 Å². The molecule has 0 saturated heterocycles. The Morgan fingerprint density at radius 3 is 2.63 bits per heavy atom. The molecule has 19 heavy (non-hydrogen) atoms. The zero-order valence-electron chi connectivity index (χ0n) is 12.0. The molecule has 1 fully saturated rings. The highest BCUT2D eigenvalue weighted by Crippen LogP contribution is 2.32. The van der Waals surface area contributed by atoms with E-state index >= 15 is 0 Å². The Labute approximate surface area is 116 Å². The largest absolute Gasteiger partial charge is 0.383 e. The van der Waals surface area contributed by atoms with E-state index in [0.29, 0.717) is 12.6 Å². The van der Waals surface area contributed by atoms with Gasteiger partial charge in [0, 0.05) is 26.3 Å². The SMILES string of the molecule is CCOCc1ccccc1CNC(COC)C1CC1. The zero-order valence-corrected chi connectivity index (χ0v) is 12.0. The van der Waals surface area contributed by atoms with E-state index in [-0.39, 0.29) is 0 Å². The van der Waals surface area contributed by atoms with Crippen LogP contribution in [0, 0.1) is 5.92 Å². The molecule has 1 aromatic rings. The number of benzene rings is 1. The summed E-state index contributed by atoms with van der Waals surface area (Å²) in [4.78, 5) is 0. The quantitative estimate of drug-likeness (QED) is 0.743. The fraction of sp³-hybridized carbons (Fsp3) is 0.625. The number of ether oxygens (including phenoxy) is 2. The fourth-order valence-corrected chi connectivity index (χ4v) is 2.36. The van der Waals surface area contributed by atoms with Crippen molar-refractivity contribution in [2.75, 3.05) is 20.3 Å². The van der Waals surface area contributed by atoms with E-state index in [1.165, 1.54) is 24.0 Å². The number of hydrogen-bond donors (Lipinski definition) is 1. The molecule has 106 valence electrons. The summed E-state index contributed by atoms with van der Waals surface area (Å²) in [6.07, 6.45) is 2.67. The summed E-state index contributed by atoms with van der Waals surface area (Å²) in [7, 11) is 1.78. The topological polar surface area (TPSA) is 30.5 Å². The average Bonchev–Trinajstić information content (AvgIpc) is 3.26. The number of methoxy groups -OCH3 is 1. The summed E-state index contributed by atoms with van der Waals surface area (Å²) in [5, 5.41) is 3.64. The van der Waals surface area contributed by atoms with Crippen molar-refractivity contribution < 1.29 is 9.47 Å². The second kappa shape index (κ2) is 7.63. The molecule has 0 spiro atoms. The standard InChI is InChI=1S/C16H25NO2/c1-3-19-11-15-7-5-4-6-14(15)10-17-16(12-18-2)13-8-9-13/h4-7,13,16-17H,3,8-12H2,1-2H3. The zero-order chi connectivity index (χ0) is 13.5. The van der Waals surface area contributed by atoms with Gasteiger partial charge in [-0.2, -0.15) is 0 Å². The van der Waals surface area contributed by atoms with Gasteiger partial charge in [-0.15, -0.1) is 0 Å². The third-order valence-corrected chi connectivity index (χ3v) is 3.67. The predicted octanol–water partition coefficient (Wildman–Crippen LogP) is 2.74. The van der Waals surface area contributed by atoms with Gasteiger partial charge in [-0.1, -0.05) is 24.3 Å². The van der Waals surface area contributed by atoms with Crippen molar-refractivity contribution in [1.29, 1.82) is 0 Å². The maximum atomic E-state index is 5.52. The second-order valence-electron chi connectivity index (χ2n) is 5.19. The van der Waals surface area contributed by atoms with Crippen LogP contribution < -0.4 is 5.32 Å². The Hall–Kier alpha value is -0.900. The first-order valence-corrected chi connectivity index (χ1v) is 7.22. The maximum absolute atomic E-state index is 5.52. The first-order chi connectivity index (χ1) is 9.35. The summed E-state index contributed by atoms with van der Waals surface area (Å²) in [5.41, 5.74) is 2.61. The van der Waals surface area contributed by atoms with Crippen LogP contribution in [-0.4, -0.2) is 26.4 Å². The van der Waals surface area contributed by atoms with Crippen LogP contribution in [0.1, 0.15) is 30.9 Å². The van der Waals surface area contributed by atoms with E-state index in [1.54, 1.807) is 7.11 Å². The molecule has 0 amide bonds. The van der Waals surface area contributed by atoms with Gasteiger partial charge in [-0.05, 0) is 36.8 Å². The van der Waals surface area contributed by atoms with Gasteiger partial charge < -0.3 is 14.8 Å². The molecule has 1 unspecified atom stereocenters. The van der Waals surface area contributed by atoms with Crippen LogP contribution in [0.3, 0.4) is 0 Å². The molecule has 0 aromatic heterocycles. The van der Waals surface area contributed by atoms with Crippen molar-refractivity contribution in [3.8, 4) is 0 Å². The molecule has 1 aliphatic rings. The van der Waals surface area contributed by atoms with Gasteiger partial charge in [-0.25, -0.2) is 0 Å². The molecule has 2 rings (SSSR count). The lowest BCUT2D eigenvalue weighted by Crippen LogP contribution is -2.34. The van der Waals surface area contributed by atoms with Crippen LogP contribution in [0.25, 0.3) is 0 Å². The minimum absolute atomic E-state index is 0.491. The highest BCUT2D eigenvalue weighted by molar-refractivity contribution is 5.26. The Balaban J connectivity index is 1.90. The fourth-order valence-electron chi connectivity index (χ4n) is 2.36. The van der Waals surface area contributed by atoms with Gasteiger partial charge in [0.2, 0.25) is 0 Å². The monoisotopic (exact) mass is 263 g/mol. The summed E-state index contributed by atoms with van der Waals surface area (Å²) < 4.78 is 10.8. The Morgan fingerprint density at radius 1 is 1.26 bits per heavy atom. The molecule has 0 heterocycles. The van der Waals surface area contributed by atoms with Crippen LogP contribution in [-0.2, 0) is 22.6 Å². The molecule has 3 heteroatoms. The molecule has 1 N–H and O–H groups in total. The maximum Gasteiger partial charge on any atom is 0.0719 e. The lowest BCUT2D eigenvalue weighted by Gasteiger charge is -2.18. The Kier molecular flexibility index (Phi) is 5.83. The van der Waals surface area contributed by atoms with E-state index in [1.807, 2.05) is 6.92 Å². The first kappa shape index (κ1) is 14.5. The van der Waals surface area contributed by atoms with Gasteiger partial charge in [0.25, 0.3) is 0 Å². The van der Waals surface area contributed by atoms with Crippen LogP contribution in [0.5, 0.6) is 0 Å². The van der Waals surface area contributed by atoms with E-state index in [2.05, 4.69) is 29.6 Å². The average molecular weight is 263 g/mol. The number of nitrogens with one attached hydrogen (secondary N) is 1. The smallest absolute Gasteiger partial charge is 0.0719 e. The second-order valence-corrected chi connectivity index (χ2v) is 5.19. The van der Waals surface area contributed by atoms with Crippen molar-refractivity contribution in [1.82, 2.24) is 5.32 Å². The number of hydrogen-bond acceptors (Lipinski definition) is 3. The van der Waals surface area contributed by atoms with Crippen molar-refractivity contribution in [2.45, 2.75) is 39.0 Å². The lowest BCUT2D eigenvalue weighted by molar-refractivity contribution is 0.133. The highest BCUT2D eigenvalue weighted by Gasteiger charge is 2.30. The van der Waals surface area contributed by atoms with Crippen molar-refractivity contribution in [2.24, 2.45) is 5.92 Å². The van der Waals surface area contributed by atoms with Gasteiger partial charge in [0.05, 0.1) is 13.2 Å². The molecule has 3 nitrogen and oxygen atoms in total. The molecule has 1 aromatic carbocycles. The molecule has 1 saturated carbocycles. The van der Waals surface area contributed by atoms with Crippen LogP contribution in [0.15, 0.2) is 24.3 Å². The van der Waals surface area contributed by atoms with Crippen molar-refractivity contribution in [3.05, 3.63) is 35.4 Å². The van der Waals surface area contributed by atoms with Gasteiger partial charge in [0.1, 0.15) is 0 Å².